The van der Waals surface area contributed by atoms with Crippen LogP contribution < -0.4 is 16.4 Å². The average molecular weight is 580 g/mol. The van der Waals surface area contributed by atoms with E-state index in [1.54, 1.807) is 4.90 Å². The number of amides is 4. The third-order valence-corrected chi connectivity index (χ3v) is 8.24. The molecule has 4 amide bonds. The van der Waals surface area contributed by atoms with Gasteiger partial charge in [0.05, 0.1) is 0 Å². The number of nitrogens with one attached hydrogen (secondary N) is 2. The lowest BCUT2D eigenvalue weighted by Gasteiger charge is -2.37. The van der Waals surface area contributed by atoms with Crippen molar-refractivity contribution in [3.63, 3.8) is 0 Å². The Hall–Kier alpha value is -3.79. The van der Waals surface area contributed by atoms with Crippen LogP contribution in [-0.2, 0) is 22.4 Å². The fraction of sp³-hybridized carbons (Fsp3) is 0.531. The largest absolute Gasteiger partial charge is 0.507 e. The molecule has 1 unspecified atom stereocenters. The van der Waals surface area contributed by atoms with Crippen LogP contribution in [0.1, 0.15) is 60.8 Å². The van der Waals surface area contributed by atoms with Gasteiger partial charge in [0, 0.05) is 44.3 Å². The number of unbranched alkanes of at least 4 members (excludes halogenated alkanes) is 3. The molecule has 1 saturated heterocycles. The summed E-state index contributed by atoms with van der Waals surface area (Å²) in [6.45, 7) is 6.27. The molecule has 2 aliphatic rings. The number of urea groups is 1. The van der Waals surface area contributed by atoms with E-state index in [1.165, 1.54) is 0 Å². The second kappa shape index (κ2) is 14.9. The molecule has 0 saturated carbocycles. The number of aryl methyl sites for hydroxylation is 2. The van der Waals surface area contributed by atoms with Gasteiger partial charge in [0.25, 0.3) is 5.91 Å². The van der Waals surface area contributed by atoms with Crippen LogP contribution in [0.5, 0.6) is 5.75 Å². The third kappa shape index (κ3) is 8.15. The van der Waals surface area contributed by atoms with E-state index in [-0.39, 0.29) is 30.2 Å². The topological polar surface area (TPSA) is 137 Å². The number of anilines is 1. The minimum absolute atomic E-state index is 0.0182. The zero-order valence-electron chi connectivity index (χ0n) is 24.9. The lowest BCUT2D eigenvalue weighted by molar-refractivity contribution is -0.130. The van der Waals surface area contributed by atoms with Gasteiger partial charge < -0.3 is 36.0 Å². The molecule has 42 heavy (non-hydrogen) atoms. The maximum atomic E-state index is 13.3. The van der Waals surface area contributed by atoms with E-state index in [1.807, 2.05) is 55.1 Å². The highest BCUT2D eigenvalue weighted by Gasteiger charge is 2.33. The summed E-state index contributed by atoms with van der Waals surface area (Å²) in [5, 5.41) is 16.1. The number of carbonyl (C=O) groups excluding carboxylic acids is 3. The number of piperidine rings is 1. The molecule has 4 rings (SSSR count). The normalized spacial score (nSPS) is 16.3. The number of para-hydroxylation sites is 1. The van der Waals surface area contributed by atoms with Gasteiger partial charge in [-0.3, -0.25) is 4.79 Å². The van der Waals surface area contributed by atoms with Gasteiger partial charge in [0.2, 0.25) is 0 Å². The summed E-state index contributed by atoms with van der Waals surface area (Å²) < 4.78 is 5.83. The summed E-state index contributed by atoms with van der Waals surface area (Å²) in [7, 11) is 0. The van der Waals surface area contributed by atoms with E-state index < -0.39 is 12.2 Å². The molecule has 2 aliphatic heterocycles. The van der Waals surface area contributed by atoms with E-state index in [0.29, 0.717) is 56.7 Å². The van der Waals surface area contributed by atoms with Crippen LogP contribution in [-0.4, -0.2) is 77.8 Å². The summed E-state index contributed by atoms with van der Waals surface area (Å²) in [6.07, 6.45) is 4.48. The predicted molar refractivity (Wildman–Crippen MR) is 163 cm³/mol. The highest BCUT2D eigenvalue weighted by atomic mass is 16.6. The molecule has 0 radical (unpaired) electrons. The van der Waals surface area contributed by atoms with E-state index in [2.05, 4.69) is 10.6 Å². The molecular formula is C32H45N5O5. The number of ether oxygens (including phenoxy) is 1. The molecule has 5 N–H and O–H groups in total. The van der Waals surface area contributed by atoms with Crippen molar-refractivity contribution in [1.82, 2.24) is 15.1 Å². The zero-order valence-corrected chi connectivity index (χ0v) is 24.9. The number of benzene rings is 2. The number of phenols is 1. The molecule has 2 aromatic carbocycles. The van der Waals surface area contributed by atoms with Crippen molar-refractivity contribution < 1.29 is 24.2 Å². The maximum Gasteiger partial charge on any atom is 0.410 e. The number of aromatic hydroxyl groups is 1. The van der Waals surface area contributed by atoms with Gasteiger partial charge in [0.15, 0.2) is 6.10 Å². The monoisotopic (exact) mass is 579 g/mol. The lowest BCUT2D eigenvalue weighted by Crippen LogP contribution is -2.51. The SMILES string of the molecule is Cc1cc(CC(OC(=O)N2CCC(N3CCc4ccccc4NC3=O)CC2)C(=O)NCCCCCCN)cc(C)c1O. The van der Waals surface area contributed by atoms with Crippen LogP contribution in [0, 0.1) is 13.8 Å². The Labute approximate surface area is 248 Å². The second-order valence-electron chi connectivity index (χ2n) is 11.4. The first kappa shape index (κ1) is 31.2. The van der Waals surface area contributed by atoms with Crippen molar-refractivity contribution in [3.8, 4) is 5.75 Å². The van der Waals surface area contributed by atoms with Gasteiger partial charge in [0.1, 0.15) is 5.75 Å². The minimum Gasteiger partial charge on any atom is -0.507 e. The number of nitrogens with zero attached hydrogens (tertiary/aromatic N) is 2. The molecule has 0 bridgehead atoms. The summed E-state index contributed by atoms with van der Waals surface area (Å²) in [6, 6.07) is 11.4. The molecule has 0 aromatic heterocycles. The Balaban J connectivity index is 1.35. The minimum atomic E-state index is -1.00. The van der Waals surface area contributed by atoms with Crippen LogP contribution in [0.15, 0.2) is 36.4 Å². The highest BCUT2D eigenvalue weighted by molar-refractivity contribution is 5.91. The van der Waals surface area contributed by atoms with Crippen LogP contribution in [0.25, 0.3) is 0 Å². The molecule has 0 aliphatic carbocycles. The fourth-order valence-electron chi connectivity index (χ4n) is 5.81. The molecule has 228 valence electrons. The van der Waals surface area contributed by atoms with Gasteiger partial charge in [-0.05, 0) is 80.8 Å². The predicted octanol–water partition coefficient (Wildman–Crippen LogP) is 4.25. The Kier molecular flexibility index (Phi) is 11.1. The maximum absolute atomic E-state index is 13.3. The smallest absolute Gasteiger partial charge is 0.410 e. The Morgan fingerprint density at radius 1 is 1.07 bits per heavy atom. The van der Waals surface area contributed by atoms with E-state index >= 15 is 0 Å². The molecule has 10 heteroatoms. The Morgan fingerprint density at radius 2 is 1.76 bits per heavy atom. The Bertz CT molecular complexity index is 1220. The summed E-state index contributed by atoms with van der Waals surface area (Å²) in [5.74, 6) is -0.111. The van der Waals surface area contributed by atoms with Crippen molar-refractivity contribution in [3.05, 3.63) is 58.7 Å². The van der Waals surface area contributed by atoms with Crippen molar-refractivity contribution in [2.45, 2.75) is 77.4 Å². The van der Waals surface area contributed by atoms with Crippen molar-refractivity contribution in [2.75, 3.05) is 38.0 Å². The first-order valence-electron chi connectivity index (χ1n) is 15.1. The fourth-order valence-corrected chi connectivity index (χ4v) is 5.81. The van der Waals surface area contributed by atoms with Gasteiger partial charge >= 0.3 is 12.1 Å². The van der Waals surface area contributed by atoms with Crippen LogP contribution in [0.4, 0.5) is 15.3 Å². The second-order valence-corrected chi connectivity index (χ2v) is 11.4. The summed E-state index contributed by atoms with van der Waals surface area (Å²) in [4.78, 5) is 42.9. The molecule has 1 atom stereocenters. The number of likely N-dealkylation sites (tertiary alicyclic amines) is 1. The summed E-state index contributed by atoms with van der Waals surface area (Å²) >= 11 is 0. The first-order valence-corrected chi connectivity index (χ1v) is 15.1. The molecular weight excluding hydrogens is 534 g/mol. The quantitative estimate of drug-likeness (QED) is 0.294. The number of phenolic OH excluding ortho intramolecular Hbond substituents is 1. The number of carbonyl (C=O) groups is 3. The van der Waals surface area contributed by atoms with E-state index in [0.717, 1.165) is 48.9 Å². The number of hydrogen-bond donors (Lipinski definition) is 4. The van der Waals surface area contributed by atoms with Crippen LogP contribution in [0.3, 0.4) is 0 Å². The standard InChI is InChI=1S/C32H45N5O5/c1-22-19-24(20-23(2)29(22)38)21-28(30(39)34-15-8-4-3-7-14-33)42-32(41)36-16-12-26(13-17-36)37-18-11-25-9-5-6-10-27(25)35-31(37)40/h5-6,9-10,19-20,26,28,38H,3-4,7-8,11-18,21,33H2,1-2H3,(H,34,39)(H,35,40). The van der Waals surface area contributed by atoms with E-state index in [4.69, 9.17) is 10.5 Å². The van der Waals surface area contributed by atoms with Gasteiger partial charge in [-0.2, -0.15) is 0 Å². The molecule has 2 aromatic rings. The summed E-state index contributed by atoms with van der Waals surface area (Å²) in [5.41, 5.74) is 9.75. The molecule has 10 nitrogen and oxygen atoms in total. The van der Waals surface area contributed by atoms with Crippen LogP contribution in [0.2, 0.25) is 0 Å². The number of fused-ring (bicyclic) bond motifs is 1. The average Bonchev–Trinajstić information content (AvgIpc) is 3.15. The van der Waals surface area contributed by atoms with Gasteiger partial charge in [-0.25, -0.2) is 9.59 Å². The molecule has 1 fully saturated rings. The lowest BCUT2D eigenvalue weighted by atomic mass is 10.0. The molecule has 2 heterocycles. The number of nitrogens with two attached hydrogens (primary N) is 1. The van der Waals surface area contributed by atoms with Crippen molar-refractivity contribution in [1.29, 1.82) is 0 Å². The van der Waals surface area contributed by atoms with Crippen molar-refractivity contribution >= 4 is 23.7 Å². The first-order chi connectivity index (χ1) is 20.3. The highest BCUT2D eigenvalue weighted by Crippen LogP contribution is 2.26. The number of hydrogen-bond acceptors (Lipinski definition) is 6. The number of rotatable bonds is 11. The Morgan fingerprint density at radius 3 is 2.48 bits per heavy atom. The van der Waals surface area contributed by atoms with Crippen LogP contribution >= 0.6 is 0 Å². The van der Waals surface area contributed by atoms with E-state index in [9.17, 15) is 19.5 Å². The molecule has 0 spiro atoms. The van der Waals surface area contributed by atoms with Gasteiger partial charge in [-0.15, -0.1) is 0 Å². The van der Waals surface area contributed by atoms with Crippen molar-refractivity contribution in [2.24, 2.45) is 5.73 Å². The zero-order chi connectivity index (χ0) is 30.1. The third-order valence-electron chi connectivity index (χ3n) is 8.24. The van der Waals surface area contributed by atoms with Gasteiger partial charge in [-0.1, -0.05) is 43.2 Å².